The molecule has 128 valence electrons. The van der Waals surface area contributed by atoms with E-state index in [9.17, 15) is 18.4 Å². The molecule has 0 aliphatic rings. The number of H-pyrrole nitrogens is 1. The molecule has 0 aliphatic heterocycles. The van der Waals surface area contributed by atoms with Gasteiger partial charge < -0.3 is 10.3 Å². The molecular formula is C20H12F2N2O2. The van der Waals surface area contributed by atoms with Crippen LogP contribution in [0.2, 0.25) is 0 Å². The first-order valence-electron chi connectivity index (χ1n) is 7.84. The van der Waals surface area contributed by atoms with Gasteiger partial charge in [0.15, 0.2) is 5.43 Å². The van der Waals surface area contributed by atoms with Crippen molar-refractivity contribution < 1.29 is 13.6 Å². The van der Waals surface area contributed by atoms with Gasteiger partial charge in [0, 0.05) is 22.0 Å². The number of hydrogen-bond acceptors (Lipinski definition) is 2. The minimum absolute atomic E-state index is 0.00724. The number of rotatable bonds is 2. The number of anilines is 1. The van der Waals surface area contributed by atoms with E-state index in [2.05, 4.69) is 10.3 Å². The summed E-state index contributed by atoms with van der Waals surface area (Å²) in [6.45, 7) is 0. The zero-order valence-corrected chi connectivity index (χ0v) is 13.3. The summed E-state index contributed by atoms with van der Waals surface area (Å²) in [5.41, 5.74) is 0.557. The summed E-state index contributed by atoms with van der Waals surface area (Å²) in [6.07, 6.45) is 0. The second kappa shape index (κ2) is 6.07. The van der Waals surface area contributed by atoms with E-state index in [4.69, 9.17) is 0 Å². The number of amides is 1. The Bertz CT molecular complexity index is 1220. The fourth-order valence-electron chi connectivity index (χ4n) is 2.91. The number of benzene rings is 3. The van der Waals surface area contributed by atoms with Crippen LogP contribution in [0.5, 0.6) is 0 Å². The normalized spacial score (nSPS) is 11.0. The van der Waals surface area contributed by atoms with Crippen molar-refractivity contribution in [3.8, 4) is 0 Å². The standard InChI is InChI=1S/C20H12F2N2O2/c21-11-6-7-17-14(8-11)19(25)15-9-12(22)10-16(18(15)24-17)20(26)23-13-4-2-1-3-5-13/h1-10H,(H,23,26)(H,24,25). The molecule has 0 unspecified atom stereocenters. The maximum Gasteiger partial charge on any atom is 0.257 e. The SMILES string of the molecule is O=C(Nc1ccccc1)c1cc(F)cc2c(=O)c3cc(F)ccc3[nH]c12. The van der Waals surface area contributed by atoms with E-state index < -0.39 is 23.0 Å². The maximum atomic E-state index is 14.0. The third-order valence-electron chi connectivity index (χ3n) is 4.11. The number of pyridine rings is 1. The van der Waals surface area contributed by atoms with Crippen molar-refractivity contribution in [2.24, 2.45) is 0 Å². The molecule has 1 heterocycles. The zero-order chi connectivity index (χ0) is 18.3. The molecule has 2 N–H and O–H groups in total. The summed E-state index contributed by atoms with van der Waals surface area (Å²) in [5.74, 6) is -1.85. The van der Waals surface area contributed by atoms with Crippen LogP contribution in [0, 0.1) is 11.6 Å². The lowest BCUT2D eigenvalue weighted by atomic mass is 10.1. The van der Waals surface area contributed by atoms with Gasteiger partial charge in [0.1, 0.15) is 11.6 Å². The number of fused-ring (bicyclic) bond motifs is 2. The van der Waals surface area contributed by atoms with Gasteiger partial charge in [-0.2, -0.15) is 0 Å². The van der Waals surface area contributed by atoms with E-state index in [0.717, 1.165) is 18.2 Å². The fourth-order valence-corrected chi connectivity index (χ4v) is 2.91. The Labute approximate surface area is 146 Å². The summed E-state index contributed by atoms with van der Waals surface area (Å²) in [6, 6.07) is 14.5. The minimum atomic E-state index is -0.725. The second-order valence-electron chi connectivity index (χ2n) is 5.84. The Kier molecular flexibility index (Phi) is 3.73. The Balaban J connectivity index is 1.95. The first-order valence-corrected chi connectivity index (χ1v) is 7.84. The Morgan fingerprint density at radius 1 is 0.885 bits per heavy atom. The quantitative estimate of drug-likeness (QED) is 0.532. The van der Waals surface area contributed by atoms with Crippen molar-refractivity contribution in [1.29, 1.82) is 0 Å². The average molecular weight is 350 g/mol. The molecule has 4 aromatic rings. The van der Waals surface area contributed by atoms with E-state index in [1.165, 1.54) is 12.1 Å². The van der Waals surface area contributed by atoms with Crippen LogP contribution in [0.3, 0.4) is 0 Å². The van der Waals surface area contributed by atoms with Gasteiger partial charge >= 0.3 is 0 Å². The topological polar surface area (TPSA) is 62.0 Å². The number of hydrogen-bond donors (Lipinski definition) is 2. The molecule has 26 heavy (non-hydrogen) atoms. The van der Waals surface area contributed by atoms with Crippen LogP contribution in [0.1, 0.15) is 10.4 Å². The molecule has 6 heteroatoms. The van der Waals surface area contributed by atoms with Gasteiger partial charge in [-0.3, -0.25) is 9.59 Å². The Morgan fingerprint density at radius 3 is 2.38 bits per heavy atom. The maximum absolute atomic E-state index is 14.0. The number of nitrogens with one attached hydrogen (secondary N) is 2. The van der Waals surface area contributed by atoms with E-state index in [1.807, 2.05) is 0 Å². The summed E-state index contributed by atoms with van der Waals surface area (Å²) in [5, 5.41) is 2.75. The zero-order valence-electron chi connectivity index (χ0n) is 13.3. The number of aromatic amines is 1. The monoisotopic (exact) mass is 350 g/mol. The lowest BCUT2D eigenvalue weighted by Gasteiger charge is -2.10. The first kappa shape index (κ1) is 16.0. The van der Waals surface area contributed by atoms with E-state index >= 15 is 0 Å². The van der Waals surface area contributed by atoms with E-state index in [1.54, 1.807) is 30.3 Å². The molecule has 4 nitrogen and oxygen atoms in total. The molecule has 0 spiro atoms. The molecule has 0 fully saturated rings. The van der Waals surface area contributed by atoms with Crippen molar-refractivity contribution in [1.82, 2.24) is 4.98 Å². The Hall–Kier alpha value is -3.54. The van der Waals surface area contributed by atoms with E-state index in [0.29, 0.717) is 11.2 Å². The van der Waals surface area contributed by atoms with Crippen LogP contribution in [0.15, 0.2) is 65.5 Å². The molecule has 4 rings (SSSR count). The Morgan fingerprint density at radius 2 is 1.62 bits per heavy atom. The molecule has 0 aliphatic carbocycles. The van der Waals surface area contributed by atoms with Crippen LogP contribution in [-0.4, -0.2) is 10.9 Å². The molecule has 0 saturated heterocycles. The molecule has 0 saturated carbocycles. The number of carbonyl (C=O) groups is 1. The van der Waals surface area contributed by atoms with Gasteiger partial charge in [-0.05, 0) is 42.5 Å². The van der Waals surface area contributed by atoms with Crippen molar-refractivity contribution in [2.45, 2.75) is 0 Å². The van der Waals surface area contributed by atoms with Crippen LogP contribution in [-0.2, 0) is 0 Å². The highest BCUT2D eigenvalue weighted by Crippen LogP contribution is 2.22. The van der Waals surface area contributed by atoms with Gasteiger partial charge in [0.25, 0.3) is 5.91 Å². The third kappa shape index (κ3) is 2.71. The van der Waals surface area contributed by atoms with Gasteiger partial charge in [-0.25, -0.2) is 8.78 Å². The predicted octanol–water partition coefficient (Wildman–Crippen LogP) is 4.21. The van der Waals surface area contributed by atoms with Crippen molar-refractivity contribution in [3.63, 3.8) is 0 Å². The molecule has 3 aromatic carbocycles. The summed E-state index contributed by atoms with van der Waals surface area (Å²) in [7, 11) is 0. The van der Waals surface area contributed by atoms with Gasteiger partial charge in [0.05, 0.1) is 11.1 Å². The van der Waals surface area contributed by atoms with Crippen molar-refractivity contribution >= 4 is 33.4 Å². The predicted molar refractivity (Wildman–Crippen MR) is 96.4 cm³/mol. The molecule has 0 atom stereocenters. The highest BCUT2D eigenvalue weighted by atomic mass is 19.1. The van der Waals surface area contributed by atoms with Crippen LogP contribution in [0.25, 0.3) is 21.8 Å². The summed E-state index contributed by atoms with van der Waals surface area (Å²) >= 11 is 0. The molecular weight excluding hydrogens is 338 g/mol. The average Bonchev–Trinajstić information content (AvgIpc) is 2.63. The number of para-hydroxylation sites is 1. The fraction of sp³-hybridized carbons (Fsp3) is 0. The minimum Gasteiger partial charge on any atom is -0.354 e. The van der Waals surface area contributed by atoms with Gasteiger partial charge in [0.2, 0.25) is 0 Å². The number of aromatic nitrogens is 1. The van der Waals surface area contributed by atoms with Gasteiger partial charge in [-0.1, -0.05) is 18.2 Å². The number of halogens is 2. The van der Waals surface area contributed by atoms with Crippen molar-refractivity contribution in [3.05, 3.63) is 88.1 Å². The largest absolute Gasteiger partial charge is 0.354 e. The van der Waals surface area contributed by atoms with Crippen LogP contribution in [0.4, 0.5) is 14.5 Å². The summed E-state index contributed by atoms with van der Waals surface area (Å²) in [4.78, 5) is 28.2. The van der Waals surface area contributed by atoms with Crippen molar-refractivity contribution in [2.75, 3.05) is 5.32 Å². The summed E-state index contributed by atoms with van der Waals surface area (Å²) < 4.78 is 27.5. The highest BCUT2D eigenvalue weighted by molar-refractivity contribution is 6.13. The lowest BCUT2D eigenvalue weighted by Crippen LogP contribution is -2.15. The second-order valence-corrected chi connectivity index (χ2v) is 5.84. The molecule has 0 radical (unpaired) electrons. The van der Waals surface area contributed by atoms with Gasteiger partial charge in [-0.15, -0.1) is 0 Å². The smallest absolute Gasteiger partial charge is 0.257 e. The number of carbonyl (C=O) groups excluding carboxylic acids is 1. The van der Waals surface area contributed by atoms with E-state index in [-0.39, 0.29) is 21.9 Å². The molecule has 0 bridgehead atoms. The van der Waals surface area contributed by atoms with Crippen LogP contribution < -0.4 is 10.7 Å². The van der Waals surface area contributed by atoms with Crippen LogP contribution >= 0.6 is 0 Å². The molecule has 1 aromatic heterocycles. The highest BCUT2D eigenvalue weighted by Gasteiger charge is 2.16. The molecule has 1 amide bonds. The first-order chi connectivity index (χ1) is 12.5. The third-order valence-corrected chi connectivity index (χ3v) is 4.11. The lowest BCUT2D eigenvalue weighted by molar-refractivity contribution is 0.102.